The molecule has 0 amide bonds. The zero-order valence-corrected chi connectivity index (χ0v) is 7.44. The predicted molar refractivity (Wildman–Crippen MR) is 43.9 cm³/mol. The molecule has 0 aromatic rings. The Bertz CT molecular complexity index is 125. The molecule has 0 aliphatic carbocycles. The quantitative estimate of drug-likeness (QED) is 0.542. The van der Waals surface area contributed by atoms with Crippen molar-refractivity contribution in [1.82, 2.24) is 4.90 Å². The van der Waals surface area contributed by atoms with E-state index in [-0.39, 0.29) is 5.54 Å². The molecular formula is C8H18N2. The van der Waals surface area contributed by atoms with Gasteiger partial charge >= 0.3 is 0 Å². The Morgan fingerprint density at radius 1 is 1.30 bits per heavy atom. The molecule has 0 unspecified atom stereocenters. The van der Waals surface area contributed by atoms with Crippen molar-refractivity contribution in [2.24, 2.45) is 5.73 Å². The maximum Gasteiger partial charge on any atom is 0.0384 e. The Morgan fingerprint density at radius 3 is 1.80 bits per heavy atom. The van der Waals surface area contributed by atoms with Gasteiger partial charge in [0.15, 0.2) is 0 Å². The number of likely N-dealkylation sites (tertiary alicyclic amines) is 1. The first-order valence-corrected chi connectivity index (χ1v) is 3.85. The summed E-state index contributed by atoms with van der Waals surface area (Å²) < 4.78 is 0. The third-order valence-electron chi connectivity index (χ3n) is 2.05. The van der Waals surface area contributed by atoms with Crippen molar-refractivity contribution in [1.29, 1.82) is 0 Å². The summed E-state index contributed by atoms with van der Waals surface area (Å²) in [5, 5.41) is 0. The lowest BCUT2D eigenvalue weighted by Crippen LogP contribution is -2.69. The fourth-order valence-electron chi connectivity index (χ4n) is 1.30. The molecular weight excluding hydrogens is 124 g/mol. The van der Waals surface area contributed by atoms with Crippen LogP contribution >= 0.6 is 0 Å². The third kappa shape index (κ3) is 1.50. The van der Waals surface area contributed by atoms with E-state index in [9.17, 15) is 0 Å². The molecule has 0 aromatic heterocycles. The van der Waals surface area contributed by atoms with Gasteiger partial charge in [0, 0.05) is 24.2 Å². The van der Waals surface area contributed by atoms with Crippen LogP contribution in [0.2, 0.25) is 0 Å². The zero-order valence-electron chi connectivity index (χ0n) is 7.44. The lowest BCUT2D eigenvalue weighted by Gasteiger charge is -2.52. The number of nitrogens with two attached hydrogens (primary N) is 1. The minimum absolute atomic E-state index is 0.0767. The molecule has 0 atom stereocenters. The fraction of sp³-hybridized carbons (Fsp3) is 1.00. The van der Waals surface area contributed by atoms with Crippen LogP contribution in [-0.2, 0) is 0 Å². The summed E-state index contributed by atoms with van der Waals surface area (Å²) in [4.78, 5) is 2.40. The van der Waals surface area contributed by atoms with Crippen molar-refractivity contribution in [3.05, 3.63) is 0 Å². The van der Waals surface area contributed by atoms with E-state index in [1.807, 2.05) is 0 Å². The Hall–Kier alpha value is -0.0800. The highest BCUT2D eigenvalue weighted by Crippen LogP contribution is 2.25. The van der Waals surface area contributed by atoms with E-state index < -0.39 is 0 Å². The van der Waals surface area contributed by atoms with Gasteiger partial charge in [0.1, 0.15) is 0 Å². The molecule has 2 nitrogen and oxygen atoms in total. The van der Waals surface area contributed by atoms with Gasteiger partial charge in [-0.05, 0) is 27.7 Å². The molecule has 1 saturated heterocycles. The second-order valence-corrected chi connectivity index (χ2v) is 4.68. The van der Waals surface area contributed by atoms with E-state index in [1.54, 1.807) is 0 Å². The average molecular weight is 142 g/mol. The van der Waals surface area contributed by atoms with Gasteiger partial charge in [0.2, 0.25) is 0 Å². The molecule has 1 aliphatic rings. The molecule has 0 bridgehead atoms. The summed E-state index contributed by atoms with van der Waals surface area (Å²) in [5.74, 6) is 0. The Labute approximate surface area is 63.4 Å². The third-order valence-corrected chi connectivity index (χ3v) is 2.05. The molecule has 2 heteroatoms. The van der Waals surface area contributed by atoms with Gasteiger partial charge in [0.25, 0.3) is 0 Å². The van der Waals surface area contributed by atoms with Crippen molar-refractivity contribution >= 4 is 0 Å². The molecule has 10 heavy (non-hydrogen) atoms. The van der Waals surface area contributed by atoms with Crippen LogP contribution in [0.15, 0.2) is 0 Å². The number of rotatable bonds is 0. The molecule has 0 aromatic carbocycles. The summed E-state index contributed by atoms with van der Waals surface area (Å²) in [5.41, 5.74) is 6.25. The van der Waals surface area contributed by atoms with E-state index >= 15 is 0 Å². The average Bonchev–Trinajstić information content (AvgIpc) is 1.56. The second-order valence-electron chi connectivity index (χ2n) is 4.68. The van der Waals surface area contributed by atoms with Gasteiger partial charge < -0.3 is 5.73 Å². The van der Waals surface area contributed by atoms with Gasteiger partial charge in [0.05, 0.1) is 0 Å². The minimum Gasteiger partial charge on any atom is -0.323 e. The van der Waals surface area contributed by atoms with Crippen molar-refractivity contribution in [2.75, 3.05) is 13.1 Å². The molecule has 1 rings (SSSR count). The first-order chi connectivity index (χ1) is 4.31. The van der Waals surface area contributed by atoms with E-state index in [0.717, 1.165) is 13.1 Å². The van der Waals surface area contributed by atoms with Crippen molar-refractivity contribution in [3.8, 4) is 0 Å². The lowest BCUT2D eigenvalue weighted by molar-refractivity contribution is 0.00353. The van der Waals surface area contributed by atoms with Crippen LogP contribution in [0, 0.1) is 0 Å². The molecule has 60 valence electrons. The number of hydrogen-bond acceptors (Lipinski definition) is 2. The molecule has 1 aliphatic heterocycles. The Balaban J connectivity index is 2.40. The maximum absolute atomic E-state index is 5.87. The van der Waals surface area contributed by atoms with Gasteiger partial charge in [-0.3, -0.25) is 4.90 Å². The number of nitrogens with zero attached hydrogens (tertiary/aromatic N) is 1. The van der Waals surface area contributed by atoms with Crippen LogP contribution in [0.25, 0.3) is 0 Å². The summed E-state index contributed by atoms with van der Waals surface area (Å²) in [6.45, 7) is 10.9. The molecule has 2 N–H and O–H groups in total. The maximum atomic E-state index is 5.87. The Kier molecular flexibility index (Phi) is 1.57. The van der Waals surface area contributed by atoms with Crippen molar-refractivity contribution < 1.29 is 0 Å². The Morgan fingerprint density at radius 2 is 1.70 bits per heavy atom. The van der Waals surface area contributed by atoms with Crippen LogP contribution in [0.3, 0.4) is 0 Å². The summed E-state index contributed by atoms with van der Waals surface area (Å²) in [6.07, 6.45) is 0. The van der Waals surface area contributed by atoms with Crippen molar-refractivity contribution in [3.63, 3.8) is 0 Å². The van der Waals surface area contributed by atoms with Gasteiger partial charge in [-0.25, -0.2) is 0 Å². The van der Waals surface area contributed by atoms with Gasteiger partial charge in [-0.2, -0.15) is 0 Å². The van der Waals surface area contributed by atoms with Crippen molar-refractivity contribution in [2.45, 2.75) is 38.8 Å². The smallest absolute Gasteiger partial charge is 0.0384 e. The summed E-state index contributed by atoms with van der Waals surface area (Å²) in [6, 6.07) is 0. The van der Waals surface area contributed by atoms with Gasteiger partial charge in [-0.1, -0.05) is 0 Å². The topological polar surface area (TPSA) is 29.3 Å². The molecule has 0 spiro atoms. The SMILES string of the molecule is CC1(N)CN(C(C)(C)C)C1. The predicted octanol–water partition coefficient (Wildman–Crippen LogP) is 0.818. The minimum atomic E-state index is 0.0767. The highest BCUT2D eigenvalue weighted by Gasteiger charge is 2.40. The van der Waals surface area contributed by atoms with Crippen LogP contribution in [0.4, 0.5) is 0 Å². The molecule has 0 saturated carbocycles. The first-order valence-electron chi connectivity index (χ1n) is 3.85. The van der Waals surface area contributed by atoms with E-state index in [4.69, 9.17) is 5.73 Å². The normalized spacial score (nSPS) is 26.1. The van der Waals surface area contributed by atoms with Crippen LogP contribution < -0.4 is 5.73 Å². The summed E-state index contributed by atoms with van der Waals surface area (Å²) in [7, 11) is 0. The second kappa shape index (κ2) is 1.95. The standard InChI is InChI=1S/C8H18N2/c1-7(2,3)10-5-8(4,9)6-10/h5-6,9H2,1-4H3. The van der Waals surface area contributed by atoms with E-state index in [1.165, 1.54) is 0 Å². The monoisotopic (exact) mass is 142 g/mol. The highest BCUT2D eigenvalue weighted by atomic mass is 15.3. The largest absolute Gasteiger partial charge is 0.323 e. The van der Waals surface area contributed by atoms with E-state index in [0.29, 0.717) is 5.54 Å². The van der Waals surface area contributed by atoms with E-state index in [2.05, 4.69) is 32.6 Å². The number of hydrogen-bond donors (Lipinski definition) is 1. The summed E-state index contributed by atoms with van der Waals surface area (Å²) >= 11 is 0. The fourth-order valence-corrected chi connectivity index (χ4v) is 1.30. The van der Waals surface area contributed by atoms with Crippen LogP contribution in [0.1, 0.15) is 27.7 Å². The highest BCUT2D eigenvalue weighted by molar-refractivity contribution is 5.00. The first kappa shape index (κ1) is 8.02. The van der Waals surface area contributed by atoms with Crippen LogP contribution in [0.5, 0.6) is 0 Å². The van der Waals surface area contributed by atoms with Crippen LogP contribution in [-0.4, -0.2) is 29.1 Å². The van der Waals surface area contributed by atoms with Gasteiger partial charge in [-0.15, -0.1) is 0 Å². The molecule has 1 heterocycles. The lowest BCUT2D eigenvalue weighted by atomic mass is 9.88. The zero-order chi connectivity index (χ0) is 7.99. The molecule has 1 fully saturated rings. The molecule has 0 radical (unpaired) electrons.